The van der Waals surface area contributed by atoms with Crippen molar-refractivity contribution in [1.82, 2.24) is 5.32 Å². The lowest BCUT2D eigenvalue weighted by Crippen LogP contribution is -2.24. The van der Waals surface area contributed by atoms with E-state index < -0.39 is 0 Å². The molecule has 1 N–H and O–H groups in total. The number of halogens is 1. The average Bonchev–Trinajstić information content (AvgIpc) is 2.93. The molecule has 1 aromatic heterocycles. The molecule has 2 aromatic rings. The second-order valence-electron chi connectivity index (χ2n) is 5.51. The second kappa shape index (κ2) is 7.44. The fraction of sp³-hybridized carbons (Fsp3) is 0.444. The lowest BCUT2D eigenvalue weighted by Gasteiger charge is -2.22. The van der Waals surface area contributed by atoms with Crippen LogP contribution in [0.15, 0.2) is 23.6 Å². The second-order valence-corrected chi connectivity index (χ2v) is 6.86. The fourth-order valence-electron chi connectivity index (χ4n) is 2.64. The summed E-state index contributed by atoms with van der Waals surface area (Å²) in [6.07, 6.45) is 2.21. The first-order valence-corrected chi connectivity index (χ1v) is 8.90. The van der Waals surface area contributed by atoms with Crippen molar-refractivity contribution in [3.8, 4) is 0 Å². The largest absolute Gasteiger partial charge is 0.306 e. The van der Waals surface area contributed by atoms with Crippen molar-refractivity contribution in [2.45, 2.75) is 46.6 Å². The Kier molecular flexibility index (Phi) is 5.86. The molecule has 0 fully saturated rings. The van der Waals surface area contributed by atoms with Gasteiger partial charge in [-0.3, -0.25) is 0 Å². The number of thiophene rings is 1. The smallest absolute Gasteiger partial charge is 0.0676 e. The van der Waals surface area contributed by atoms with Gasteiger partial charge in [0, 0.05) is 9.90 Å². The Labute approximate surface area is 137 Å². The van der Waals surface area contributed by atoms with Crippen molar-refractivity contribution < 1.29 is 0 Å². The molecular formula is C18H24ClNS. The molecule has 0 saturated heterocycles. The standard InChI is InChI=1S/C18H24ClNS/c1-5-8-20-17(18-14(6-2)7-9-21-18)15-10-13(4)16(19)11-12(15)3/h7,9-11,17,20H,5-6,8H2,1-4H3. The molecule has 0 aliphatic rings. The maximum Gasteiger partial charge on any atom is 0.0676 e. The normalized spacial score (nSPS) is 12.6. The Morgan fingerprint density at radius 3 is 2.62 bits per heavy atom. The van der Waals surface area contributed by atoms with E-state index in [0.717, 1.165) is 30.0 Å². The Morgan fingerprint density at radius 1 is 1.19 bits per heavy atom. The van der Waals surface area contributed by atoms with Gasteiger partial charge >= 0.3 is 0 Å². The van der Waals surface area contributed by atoms with E-state index in [2.05, 4.69) is 56.6 Å². The number of aryl methyl sites for hydroxylation is 3. The molecular weight excluding hydrogens is 298 g/mol. The van der Waals surface area contributed by atoms with Crippen LogP contribution in [0.4, 0.5) is 0 Å². The highest BCUT2D eigenvalue weighted by Crippen LogP contribution is 2.34. The maximum atomic E-state index is 6.26. The zero-order valence-corrected chi connectivity index (χ0v) is 14.9. The van der Waals surface area contributed by atoms with Gasteiger partial charge in [-0.05, 0) is 73.0 Å². The number of benzene rings is 1. The van der Waals surface area contributed by atoms with E-state index in [1.807, 2.05) is 11.3 Å². The summed E-state index contributed by atoms with van der Waals surface area (Å²) in [4.78, 5) is 1.44. The van der Waals surface area contributed by atoms with Gasteiger partial charge in [0.25, 0.3) is 0 Å². The van der Waals surface area contributed by atoms with Gasteiger partial charge in [0.1, 0.15) is 0 Å². The zero-order valence-electron chi connectivity index (χ0n) is 13.3. The third kappa shape index (κ3) is 3.68. The summed E-state index contributed by atoms with van der Waals surface area (Å²) < 4.78 is 0. The van der Waals surface area contributed by atoms with Crippen LogP contribution in [0.1, 0.15) is 53.4 Å². The van der Waals surface area contributed by atoms with Crippen LogP contribution in [0.25, 0.3) is 0 Å². The third-order valence-corrected chi connectivity index (χ3v) is 5.31. The molecule has 114 valence electrons. The van der Waals surface area contributed by atoms with Gasteiger partial charge in [0.05, 0.1) is 6.04 Å². The van der Waals surface area contributed by atoms with Crippen molar-refractivity contribution in [1.29, 1.82) is 0 Å². The quantitative estimate of drug-likeness (QED) is 0.722. The van der Waals surface area contributed by atoms with Gasteiger partial charge in [-0.2, -0.15) is 0 Å². The van der Waals surface area contributed by atoms with Gasteiger partial charge < -0.3 is 5.32 Å². The van der Waals surface area contributed by atoms with Gasteiger partial charge in [0.2, 0.25) is 0 Å². The summed E-state index contributed by atoms with van der Waals surface area (Å²) in [5.74, 6) is 0. The lowest BCUT2D eigenvalue weighted by atomic mass is 9.95. The van der Waals surface area contributed by atoms with Crippen molar-refractivity contribution in [2.75, 3.05) is 6.54 Å². The molecule has 1 aromatic carbocycles. The molecule has 21 heavy (non-hydrogen) atoms. The predicted octanol–water partition coefficient (Wildman–Crippen LogP) is 5.67. The van der Waals surface area contributed by atoms with Crippen LogP contribution in [0.3, 0.4) is 0 Å². The van der Waals surface area contributed by atoms with E-state index in [1.54, 1.807) is 0 Å². The van der Waals surface area contributed by atoms with E-state index in [1.165, 1.54) is 21.6 Å². The minimum atomic E-state index is 0.274. The first-order chi connectivity index (χ1) is 10.1. The van der Waals surface area contributed by atoms with Crippen molar-refractivity contribution in [3.05, 3.63) is 55.7 Å². The number of nitrogens with one attached hydrogen (secondary N) is 1. The topological polar surface area (TPSA) is 12.0 Å². The summed E-state index contributed by atoms with van der Waals surface area (Å²) in [5.41, 5.74) is 5.20. The SMILES string of the molecule is CCCNC(c1cc(C)c(Cl)cc1C)c1sccc1CC. The molecule has 0 aliphatic heterocycles. The molecule has 3 heteroatoms. The summed E-state index contributed by atoms with van der Waals surface area (Å²) in [7, 11) is 0. The van der Waals surface area contributed by atoms with Gasteiger partial charge in [0.15, 0.2) is 0 Å². The van der Waals surface area contributed by atoms with E-state index in [4.69, 9.17) is 11.6 Å². The highest BCUT2D eigenvalue weighted by atomic mass is 35.5. The molecule has 2 rings (SSSR count). The first-order valence-electron chi connectivity index (χ1n) is 7.64. The number of rotatable bonds is 6. The van der Waals surface area contributed by atoms with Crippen LogP contribution in [0.5, 0.6) is 0 Å². The first kappa shape index (κ1) is 16.5. The summed E-state index contributed by atoms with van der Waals surface area (Å²) in [6, 6.07) is 6.85. The molecule has 0 saturated carbocycles. The Morgan fingerprint density at radius 2 is 1.95 bits per heavy atom. The molecule has 1 heterocycles. The van der Waals surface area contributed by atoms with Gasteiger partial charge in [-0.25, -0.2) is 0 Å². The molecule has 0 radical (unpaired) electrons. The number of hydrogen-bond donors (Lipinski definition) is 1. The molecule has 0 spiro atoms. The molecule has 0 amide bonds. The minimum Gasteiger partial charge on any atom is -0.306 e. The fourth-order valence-corrected chi connectivity index (χ4v) is 3.95. The van der Waals surface area contributed by atoms with Crippen LogP contribution in [-0.2, 0) is 6.42 Å². The molecule has 1 unspecified atom stereocenters. The highest BCUT2D eigenvalue weighted by Gasteiger charge is 2.20. The molecule has 0 bridgehead atoms. The van der Waals surface area contributed by atoms with E-state index >= 15 is 0 Å². The van der Waals surface area contributed by atoms with Crippen LogP contribution >= 0.6 is 22.9 Å². The summed E-state index contributed by atoms with van der Waals surface area (Å²) >= 11 is 8.11. The molecule has 0 aliphatic carbocycles. The van der Waals surface area contributed by atoms with Crippen molar-refractivity contribution in [3.63, 3.8) is 0 Å². The Bertz CT molecular complexity index is 603. The van der Waals surface area contributed by atoms with Gasteiger partial charge in [-0.1, -0.05) is 31.5 Å². The average molecular weight is 322 g/mol. The molecule has 1 atom stereocenters. The van der Waals surface area contributed by atoms with Crippen LogP contribution in [0, 0.1) is 13.8 Å². The summed E-state index contributed by atoms with van der Waals surface area (Å²) in [6.45, 7) is 9.69. The third-order valence-electron chi connectivity index (χ3n) is 3.88. The minimum absolute atomic E-state index is 0.274. The van der Waals surface area contributed by atoms with Crippen LogP contribution < -0.4 is 5.32 Å². The molecule has 1 nitrogen and oxygen atoms in total. The monoisotopic (exact) mass is 321 g/mol. The number of hydrogen-bond acceptors (Lipinski definition) is 2. The summed E-state index contributed by atoms with van der Waals surface area (Å²) in [5, 5.41) is 6.77. The van der Waals surface area contributed by atoms with Crippen LogP contribution in [-0.4, -0.2) is 6.54 Å². The highest BCUT2D eigenvalue weighted by molar-refractivity contribution is 7.10. The maximum absolute atomic E-state index is 6.26. The Balaban J connectivity index is 2.48. The zero-order chi connectivity index (χ0) is 15.4. The van der Waals surface area contributed by atoms with E-state index in [-0.39, 0.29) is 6.04 Å². The van der Waals surface area contributed by atoms with Crippen molar-refractivity contribution >= 4 is 22.9 Å². The van der Waals surface area contributed by atoms with E-state index in [9.17, 15) is 0 Å². The van der Waals surface area contributed by atoms with Gasteiger partial charge in [-0.15, -0.1) is 11.3 Å². The predicted molar refractivity (Wildman–Crippen MR) is 94.8 cm³/mol. The lowest BCUT2D eigenvalue weighted by molar-refractivity contribution is 0.600. The Hall–Kier alpha value is -0.830. The van der Waals surface area contributed by atoms with Crippen molar-refractivity contribution in [2.24, 2.45) is 0 Å². The van der Waals surface area contributed by atoms with E-state index in [0.29, 0.717) is 0 Å². The van der Waals surface area contributed by atoms with Crippen LogP contribution in [0.2, 0.25) is 5.02 Å².